The maximum Gasteiger partial charge on any atom is 0.227 e. The number of carbonyl (C=O) groups excluding carboxylic acids is 1. The summed E-state index contributed by atoms with van der Waals surface area (Å²) in [6.07, 6.45) is 10.2. The van der Waals surface area contributed by atoms with Crippen LogP contribution in [0.4, 0.5) is 0 Å². The average molecular weight is 468 g/mol. The number of hydrogen-bond donors (Lipinski definition) is 1. The fourth-order valence-electron chi connectivity index (χ4n) is 5.54. The third kappa shape index (κ3) is 5.37. The van der Waals surface area contributed by atoms with Crippen molar-refractivity contribution in [2.75, 3.05) is 26.2 Å². The van der Waals surface area contributed by atoms with Crippen LogP contribution < -0.4 is 0 Å². The molecule has 3 heterocycles. The number of pyridine rings is 1. The molecule has 1 aromatic heterocycles. The lowest BCUT2D eigenvalue weighted by Gasteiger charge is -2.57. The number of nitrogens with zero attached hydrogens (tertiary/aromatic N) is 3. The molecular weight excluding hydrogens is 434 g/mol. The lowest BCUT2D eigenvalue weighted by Crippen LogP contribution is -2.68. The second-order valence-corrected chi connectivity index (χ2v) is 9.58. The highest BCUT2D eigenvalue weighted by molar-refractivity contribution is 5.78. The van der Waals surface area contributed by atoms with Crippen LogP contribution in [-0.4, -0.2) is 64.1 Å². The highest BCUT2D eigenvalue weighted by Crippen LogP contribution is 2.42. The Labute approximate surface area is 207 Å². The molecule has 5 nitrogen and oxygen atoms in total. The number of carbonyl (C=O) groups is 1. The van der Waals surface area contributed by atoms with Crippen LogP contribution >= 0.6 is 0 Å². The summed E-state index contributed by atoms with van der Waals surface area (Å²) in [6, 6.07) is 23.2. The molecule has 5 heteroatoms. The van der Waals surface area contributed by atoms with E-state index in [9.17, 15) is 9.90 Å². The maximum absolute atomic E-state index is 13.2. The summed E-state index contributed by atoms with van der Waals surface area (Å²) >= 11 is 0. The summed E-state index contributed by atoms with van der Waals surface area (Å²) in [5.41, 5.74) is 4.52. The van der Waals surface area contributed by atoms with Crippen LogP contribution in [0.1, 0.15) is 41.0 Å². The molecule has 0 unspecified atom stereocenters. The zero-order valence-corrected chi connectivity index (χ0v) is 20.0. The molecule has 180 valence electrons. The van der Waals surface area contributed by atoms with Crippen LogP contribution in [0.2, 0.25) is 0 Å². The molecule has 0 saturated carbocycles. The number of rotatable bonds is 6. The molecule has 2 aromatic carbocycles. The monoisotopic (exact) mass is 467 g/mol. The Morgan fingerprint density at radius 3 is 2.40 bits per heavy atom. The van der Waals surface area contributed by atoms with Crippen molar-refractivity contribution >= 4 is 18.1 Å². The van der Waals surface area contributed by atoms with E-state index in [1.165, 1.54) is 11.1 Å². The Balaban J connectivity index is 1.31. The highest BCUT2D eigenvalue weighted by atomic mass is 16.3. The van der Waals surface area contributed by atoms with E-state index in [4.69, 9.17) is 0 Å². The van der Waals surface area contributed by atoms with Gasteiger partial charge >= 0.3 is 0 Å². The van der Waals surface area contributed by atoms with E-state index in [-0.39, 0.29) is 30.5 Å². The van der Waals surface area contributed by atoms with E-state index < -0.39 is 0 Å². The molecule has 0 radical (unpaired) electrons. The van der Waals surface area contributed by atoms with Gasteiger partial charge in [0.2, 0.25) is 5.91 Å². The average Bonchev–Trinajstić information content (AvgIpc) is 2.88. The molecule has 0 bridgehead atoms. The third-order valence-electron chi connectivity index (χ3n) is 7.39. The molecule has 0 spiro atoms. The van der Waals surface area contributed by atoms with Crippen molar-refractivity contribution in [3.8, 4) is 0 Å². The predicted octanol–water partition coefficient (Wildman–Crippen LogP) is 4.25. The van der Waals surface area contributed by atoms with E-state index in [0.717, 1.165) is 37.1 Å². The predicted molar refractivity (Wildman–Crippen MR) is 140 cm³/mol. The SMILES string of the molecule is O=C(Cc1cccnc1)N1CCCCN2[C@@H](CO)[C@H](c3ccc(/C=C/c4ccccc4)cc3)[C@@H]2C1. The highest BCUT2D eigenvalue weighted by Gasteiger charge is 2.49. The van der Waals surface area contributed by atoms with Gasteiger partial charge in [-0.15, -0.1) is 0 Å². The van der Waals surface area contributed by atoms with Crippen LogP contribution in [0.25, 0.3) is 12.2 Å². The lowest BCUT2D eigenvalue weighted by atomic mass is 9.74. The van der Waals surface area contributed by atoms with Crippen LogP contribution in [0.15, 0.2) is 79.1 Å². The molecule has 0 aliphatic carbocycles. The molecule has 1 N–H and O–H groups in total. The summed E-state index contributed by atoms with van der Waals surface area (Å²) in [5, 5.41) is 10.2. The minimum absolute atomic E-state index is 0.110. The molecule has 5 rings (SSSR count). The van der Waals surface area contributed by atoms with Gasteiger partial charge in [0.25, 0.3) is 0 Å². The van der Waals surface area contributed by atoms with Crippen LogP contribution in [0.5, 0.6) is 0 Å². The van der Waals surface area contributed by atoms with Crippen molar-refractivity contribution in [2.45, 2.75) is 37.3 Å². The van der Waals surface area contributed by atoms with E-state index in [0.29, 0.717) is 13.0 Å². The molecule has 1 amide bonds. The van der Waals surface area contributed by atoms with Gasteiger partial charge in [-0.2, -0.15) is 0 Å². The lowest BCUT2D eigenvalue weighted by molar-refractivity contribution is -0.135. The van der Waals surface area contributed by atoms with Crippen molar-refractivity contribution in [2.24, 2.45) is 0 Å². The Hall–Kier alpha value is -3.28. The molecule has 2 fully saturated rings. The number of aliphatic hydroxyl groups is 1. The molecule has 35 heavy (non-hydrogen) atoms. The second kappa shape index (κ2) is 11.0. The number of benzene rings is 2. The van der Waals surface area contributed by atoms with Crippen molar-refractivity contribution in [3.63, 3.8) is 0 Å². The van der Waals surface area contributed by atoms with Gasteiger partial charge in [-0.1, -0.05) is 72.8 Å². The molecule has 3 aromatic rings. The van der Waals surface area contributed by atoms with Gasteiger partial charge in [0.05, 0.1) is 13.0 Å². The topological polar surface area (TPSA) is 56.7 Å². The standard InChI is InChI=1S/C30H33N3O2/c34-22-28-30(26-14-12-24(13-15-26)11-10-23-7-2-1-3-8-23)27-21-32(17-4-5-18-33(27)28)29(35)19-25-9-6-16-31-20-25/h1-3,6-16,20,27-28,30,34H,4-5,17-19,21-22H2/b11-10+/t27-,28-,30+/m0/s1. The van der Waals surface area contributed by atoms with Gasteiger partial charge in [-0.05, 0) is 47.7 Å². The quantitative estimate of drug-likeness (QED) is 0.551. The number of amides is 1. The zero-order chi connectivity index (χ0) is 24.0. The maximum atomic E-state index is 13.2. The van der Waals surface area contributed by atoms with Crippen molar-refractivity contribution in [1.29, 1.82) is 0 Å². The summed E-state index contributed by atoms with van der Waals surface area (Å²) in [4.78, 5) is 21.8. The third-order valence-corrected chi connectivity index (χ3v) is 7.39. The van der Waals surface area contributed by atoms with Crippen molar-refractivity contribution < 1.29 is 9.90 Å². The van der Waals surface area contributed by atoms with E-state index in [1.54, 1.807) is 12.4 Å². The minimum atomic E-state index is 0.110. The van der Waals surface area contributed by atoms with E-state index >= 15 is 0 Å². The van der Waals surface area contributed by atoms with Gasteiger partial charge in [0.15, 0.2) is 0 Å². The van der Waals surface area contributed by atoms with Gasteiger partial charge in [-0.3, -0.25) is 14.7 Å². The first-order valence-corrected chi connectivity index (χ1v) is 12.6. The Kier molecular flexibility index (Phi) is 7.36. The Morgan fingerprint density at radius 1 is 0.943 bits per heavy atom. The Morgan fingerprint density at radius 2 is 1.69 bits per heavy atom. The van der Waals surface area contributed by atoms with Crippen LogP contribution in [0, 0.1) is 0 Å². The van der Waals surface area contributed by atoms with Gasteiger partial charge in [0, 0.05) is 43.5 Å². The second-order valence-electron chi connectivity index (χ2n) is 9.58. The summed E-state index contributed by atoms with van der Waals surface area (Å²) in [6.45, 7) is 2.62. The van der Waals surface area contributed by atoms with Crippen LogP contribution in [-0.2, 0) is 11.2 Å². The first-order chi connectivity index (χ1) is 17.2. The molecule has 2 aliphatic rings. The molecular formula is C30H33N3O2. The van der Waals surface area contributed by atoms with Crippen molar-refractivity contribution in [3.05, 3.63) is 101 Å². The molecule has 2 aliphatic heterocycles. The first kappa shape index (κ1) is 23.5. The zero-order valence-electron chi connectivity index (χ0n) is 20.0. The summed E-state index contributed by atoms with van der Waals surface area (Å²) in [7, 11) is 0. The van der Waals surface area contributed by atoms with Crippen LogP contribution in [0.3, 0.4) is 0 Å². The fourth-order valence-corrected chi connectivity index (χ4v) is 5.54. The summed E-state index contributed by atoms with van der Waals surface area (Å²) < 4.78 is 0. The summed E-state index contributed by atoms with van der Waals surface area (Å²) in [5.74, 6) is 0.381. The normalized spacial score (nSPS) is 22.8. The van der Waals surface area contributed by atoms with Crippen molar-refractivity contribution in [1.82, 2.24) is 14.8 Å². The fraction of sp³-hybridized carbons (Fsp3) is 0.333. The molecule has 3 atom stereocenters. The number of fused-ring (bicyclic) bond motifs is 1. The minimum Gasteiger partial charge on any atom is -0.395 e. The smallest absolute Gasteiger partial charge is 0.227 e. The first-order valence-electron chi connectivity index (χ1n) is 12.6. The molecule has 2 saturated heterocycles. The number of aromatic nitrogens is 1. The Bertz CT molecular complexity index is 1130. The van der Waals surface area contributed by atoms with E-state index in [2.05, 4.69) is 58.4 Å². The van der Waals surface area contributed by atoms with Gasteiger partial charge in [-0.25, -0.2) is 0 Å². The van der Waals surface area contributed by atoms with E-state index in [1.807, 2.05) is 35.2 Å². The number of hydrogen-bond acceptors (Lipinski definition) is 4. The van der Waals surface area contributed by atoms with Gasteiger partial charge in [0.1, 0.15) is 0 Å². The largest absolute Gasteiger partial charge is 0.395 e. The van der Waals surface area contributed by atoms with Gasteiger partial charge < -0.3 is 10.0 Å². The number of aliphatic hydroxyl groups excluding tert-OH is 1.